The molecule has 1 N–H and O–H groups in total. The number of nitrogens with zero attached hydrogens (tertiary/aromatic N) is 4. The molecule has 2 heterocycles. The molecule has 1 aliphatic carbocycles. The zero-order chi connectivity index (χ0) is 22.5. The van der Waals surface area contributed by atoms with Crippen molar-refractivity contribution >= 4 is 5.82 Å². The van der Waals surface area contributed by atoms with Crippen molar-refractivity contribution in [1.82, 2.24) is 14.9 Å². The maximum Gasteiger partial charge on any atom is 0.161 e. The number of piperazine rings is 1. The van der Waals surface area contributed by atoms with Gasteiger partial charge in [-0.2, -0.15) is 0 Å². The molecule has 1 saturated heterocycles. The summed E-state index contributed by atoms with van der Waals surface area (Å²) < 4.78 is 0. The van der Waals surface area contributed by atoms with Crippen LogP contribution in [0.4, 0.5) is 5.82 Å². The monoisotopic (exact) mass is 438 g/mol. The third-order valence-corrected chi connectivity index (χ3v) is 6.44. The summed E-state index contributed by atoms with van der Waals surface area (Å²) in [6, 6.07) is 18.8. The first kappa shape index (κ1) is 21.6. The van der Waals surface area contributed by atoms with E-state index in [0.717, 1.165) is 68.3 Å². The molecule has 168 valence electrons. The third-order valence-electron chi connectivity index (χ3n) is 6.44. The topological polar surface area (TPSA) is 52.5 Å². The largest absolute Gasteiger partial charge is 0.395 e. The van der Waals surface area contributed by atoms with Crippen molar-refractivity contribution in [3.05, 3.63) is 77.0 Å². The standard InChI is InChI=1S/C28H30N4O/c33-20-5-4-7-22-12-14-23(15-13-22)21-31-16-18-32(19-17-31)28-25-10-6-11-26(25)29-27(30-28)24-8-2-1-3-9-24/h1-3,8-9,12-15,33H,5-6,10-11,16-21H2. The molecule has 1 aliphatic heterocycles. The fourth-order valence-electron chi connectivity index (χ4n) is 4.68. The van der Waals surface area contributed by atoms with Crippen molar-refractivity contribution in [2.75, 3.05) is 37.7 Å². The van der Waals surface area contributed by atoms with Crippen molar-refractivity contribution in [2.24, 2.45) is 0 Å². The lowest BCUT2D eigenvalue weighted by Gasteiger charge is -2.36. The maximum atomic E-state index is 8.86. The zero-order valence-electron chi connectivity index (χ0n) is 19.0. The predicted octanol–water partition coefficient (Wildman–Crippen LogP) is 3.69. The Bertz CT molecular complexity index is 1140. The summed E-state index contributed by atoms with van der Waals surface area (Å²) >= 11 is 0. The van der Waals surface area contributed by atoms with Gasteiger partial charge in [-0.15, -0.1) is 0 Å². The van der Waals surface area contributed by atoms with E-state index < -0.39 is 0 Å². The van der Waals surface area contributed by atoms with Gasteiger partial charge in [0.1, 0.15) is 5.82 Å². The van der Waals surface area contributed by atoms with Gasteiger partial charge in [0.25, 0.3) is 0 Å². The first-order valence-corrected chi connectivity index (χ1v) is 11.9. The van der Waals surface area contributed by atoms with Crippen LogP contribution in [-0.2, 0) is 19.4 Å². The van der Waals surface area contributed by atoms with Crippen LogP contribution in [0.25, 0.3) is 11.4 Å². The molecule has 0 radical (unpaired) electrons. The summed E-state index contributed by atoms with van der Waals surface area (Å²) in [4.78, 5) is 14.9. The lowest BCUT2D eigenvalue weighted by atomic mass is 10.1. The minimum atomic E-state index is 0.114. The normalized spacial score (nSPS) is 15.7. The Morgan fingerprint density at radius 3 is 2.42 bits per heavy atom. The molecule has 5 rings (SSSR count). The van der Waals surface area contributed by atoms with Gasteiger partial charge in [-0.1, -0.05) is 54.3 Å². The van der Waals surface area contributed by atoms with Gasteiger partial charge in [0.05, 0.1) is 6.61 Å². The Morgan fingerprint density at radius 1 is 0.879 bits per heavy atom. The Balaban J connectivity index is 1.25. The van der Waals surface area contributed by atoms with Crippen molar-refractivity contribution in [1.29, 1.82) is 0 Å². The Morgan fingerprint density at radius 2 is 1.67 bits per heavy atom. The number of fused-ring (bicyclic) bond motifs is 1. The molecule has 1 aromatic heterocycles. The van der Waals surface area contributed by atoms with Gasteiger partial charge < -0.3 is 10.0 Å². The first-order chi connectivity index (χ1) is 16.3. The van der Waals surface area contributed by atoms with E-state index in [9.17, 15) is 0 Å². The molecular weight excluding hydrogens is 408 g/mol. The number of hydrogen-bond acceptors (Lipinski definition) is 5. The summed E-state index contributed by atoms with van der Waals surface area (Å²) in [5, 5.41) is 8.86. The van der Waals surface area contributed by atoms with E-state index in [-0.39, 0.29) is 6.61 Å². The van der Waals surface area contributed by atoms with E-state index in [0.29, 0.717) is 6.42 Å². The van der Waals surface area contributed by atoms with Gasteiger partial charge in [0.15, 0.2) is 5.82 Å². The number of aliphatic hydroxyl groups excluding tert-OH is 1. The van der Waals surface area contributed by atoms with Gasteiger partial charge in [0, 0.05) is 61.5 Å². The van der Waals surface area contributed by atoms with Crippen LogP contribution in [0.1, 0.15) is 35.2 Å². The highest BCUT2D eigenvalue weighted by atomic mass is 16.2. The van der Waals surface area contributed by atoms with Gasteiger partial charge in [0.2, 0.25) is 0 Å². The fourth-order valence-corrected chi connectivity index (χ4v) is 4.68. The van der Waals surface area contributed by atoms with Crippen LogP contribution in [0.3, 0.4) is 0 Å². The average Bonchev–Trinajstić information content (AvgIpc) is 3.35. The highest BCUT2D eigenvalue weighted by molar-refractivity contribution is 5.61. The maximum absolute atomic E-state index is 8.86. The molecule has 33 heavy (non-hydrogen) atoms. The second kappa shape index (κ2) is 10.2. The second-order valence-electron chi connectivity index (χ2n) is 8.75. The lowest BCUT2D eigenvalue weighted by Crippen LogP contribution is -2.46. The second-order valence-corrected chi connectivity index (χ2v) is 8.75. The summed E-state index contributed by atoms with van der Waals surface area (Å²) in [5.74, 6) is 8.08. The van der Waals surface area contributed by atoms with Crippen LogP contribution < -0.4 is 4.90 Å². The predicted molar refractivity (Wildman–Crippen MR) is 132 cm³/mol. The highest BCUT2D eigenvalue weighted by Crippen LogP contribution is 2.32. The minimum Gasteiger partial charge on any atom is -0.395 e. The van der Waals surface area contributed by atoms with Crippen molar-refractivity contribution in [2.45, 2.75) is 32.2 Å². The number of aliphatic hydroxyl groups is 1. The van der Waals surface area contributed by atoms with Crippen LogP contribution in [0.5, 0.6) is 0 Å². The van der Waals surface area contributed by atoms with E-state index in [1.165, 1.54) is 23.2 Å². The first-order valence-electron chi connectivity index (χ1n) is 11.9. The molecule has 0 unspecified atom stereocenters. The Hall–Kier alpha value is -3.20. The third kappa shape index (κ3) is 5.08. The van der Waals surface area contributed by atoms with Crippen LogP contribution in [0.2, 0.25) is 0 Å². The van der Waals surface area contributed by atoms with E-state index in [1.807, 2.05) is 6.07 Å². The van der Waals surface area contributed by atoms with E-state index in [4.69, 9.17) is 15.1 Å². The molecule has 0 spiro atoms. The molecule has 2 aliphatic rings. The average molecular weight is 439 g/mol. The van der Waals surface area contributed by atoms with E-state index in [2.05, 4.69) is 70.2 Å². The molecule has 2 aromatic carbocycles. The van der Waals surface area contributed by atoms with Gasteiger partial charge in [-0.25, -0.2) is 9.97 Å². The Kier molecular flexibility index (Phi) is 6.66. The minimum absolute atomic E-state index is 0.114. The van der Waals surface area contributed by atoms with Crippen LogP contribution in [-0.4, -0.2) is 52.8 Å². The number of hydrogen-bond donors (Lipinski definition) is 1. The van der Waals surface area contributed by atoms with Gasteiger partial charge >= 0.3 is 0 Å². The van der Waals surface area contributed by atoms with Crippen LogP contribution >= 0.6 is 0 Å². The van der Waals surface area contributed by atoms with Crippen molar-refractivity contribution in [3.8, 4) is 23.2 Å². The highest BCUT2D eigenvalue weighted by Gasteiger charge is 2.26. The van der Waals surface area contributed by atoms with Gasteiger partial charge in [-0.3, -0.25) is 4.90 Å². The number of aromatic nitrogens is 2. The number of aryl methyl sites for hydroxylation is 1. The quantitative estimate of drug-likeness (QED) is 0.616. The summed E-state index contributed by atoms with van der Waals surface area (Å²) in [7, 11) is 0. The zero-order valence-corrected chi connectivity index (χ0v) is 19.0. The lowest BCUT2D eigenvalue weighted by molar-refractivity contribution is 0.249. The molecule has 5 nitrogen and oxygen atoms in total. The molecule has 0 saturated carbocycles. The molecular formula is C28H30N4O. The number of rotatable bonds is 5. The molecule has 0 bridgehead atoms. The molecule has 0 amide bonds. The SMILES string of the molecule is OCCC#Cc1ccc(CN2CCN(c3nc(-c4ccccc4)nc4c3CCC4)CC2)cc1. The van der Waals surface area contributed by atoms with E-state index >= 15 is 0 Å². The summed E-state index contributed by atoms with van der Waals surface area (Å²) in [5.41, 5.74) is 6.01. The van der Waals surface area contributed by atoms with Gasteiger partial charge in [-0.05, 0) is 37.0 Å². The fraction of sp³-hybridized carbons (Fsp3) is 0.357. The molecule has 1 fully saturated rings. The number of benzene rings is 2. The summed E-state index contributed by atoms with van der Waals surface area (Å²) in [6.45, 7) is 5.09. The van der Waals surface area contributed by atoms with Crippen LogP contribution in [0.15, 0.2) is 54.6 Å². The number of anilines is 1. The van der Waals surface area contributed by atoms with Crippen molar-refractivity contribution in [3.63, 3.8) is 0 Å². The van der Waals surface area contributed by atoms with Crippen molar-refractivity contribution < 1.29 is 5.11 Å². The smallest absolute Gasteiger partial charge is 0.161 e. The molecule has 5 heteroatoms. The van der Waals surface area contributed by atoms with Crippen LogP contribution in [0, 0.1) is 11.8 Å². The molecule has 3 aromatic rings. The van der Waals surface area contributed by atoms with E-state index in [1.54, 1.807) is 0 Å². The summed E-state index contributed by atoms with van der Waals surface area (Å²) in [6.07, 6.45) is 3.85. The Labute approximate surface area is 196 Å². The molecule has 0 atom stereocenters.